The van der Waals surface area contributed by atoms with E-state index in [0.29, 0.717) is 5.92 Å². The van der Waals surface area contributed by atoms with E-state index >= 15 is 0 Å². The van der Waals surface area contributed by atoms with E-state index in [1.54, 1.807) is 0 Å². The first-order valence-electron chi connectivity index (χ1n) is 5.78. The van der Waals surface area contributed by atoms with E-state index < -0.39 is 0 Å². The molecule has 0 saturated heterocycles. The van der Waals surface area contributed by atoms with Crippen LogP contribution in [0.15, 0.2) is 23.3 Å². The fraction of sp³-hybridized carbons (Fsp3) is 0.308. The molecule has 4 aliphatic rings. The normalized spacial score (nSPS) is 24.0. The molecule has 80 valence electrons. The van der Waals surface area contributed by atoms with Gasteiger partial charge in [-0.2, -0.15) is 0 Å². The van der Waals surface area contributed by atoms with Gasteiger partial charge in [0.15, 0.2) is 0 Å². The van der Waals surface area contributed by atoms with Crippen LogP contribution in [0.4, 0.5) is 11.4 Å². The van der Waals surface area contributed by atoms with Crippen molar-refractivity contribution in [3.63, 3.8) is 0 Å². The predicted octanol–water partition coefficient (Wildman–Crippen LogP) is 2.07. The van der Waals surface area contributed by atoms with Gasteiger partial charge in [0.2, 0.25) is 0 Å². The number of nitrogens with one attached hydrogen (secondary N) is 1. The van der Waals surface area contributed by atoms with E-state index in [0.717, 1.165) is 19.6 Å². The second-order valence-electron chi connectivity index (χ2n) is 4.59. The smallest absolute Gasteiger partial charge is 0.0609 e. The molecule has 1 unspecified atom stereocenters. The summed E-state index contributed by atoms with van der Waals surface area (Å²) in [5, 5.41) is 3.48. The van der Waals surface area contributed by atoms with Gasteiger partial charge in [0.25, 0.3) is 0 Å². The molecule has 0 aliphatic carbocycles. The summed E-state index contributed by atoms with van der Waals surface area (Å²) in [6.45, 7) is 3.21. The summed E-state index contributed by atoms with van der Waals surface area (Å²) in [6.07, 6.45) is 6.09. The lowest BCUT2D eigenvalue weighted by Gasteiger charge is -2.30. The predicted molar refractivity (Wildman–Crippen MR) is 67.4 cm³/mol. The molecule has 0 saturated carbocycles. The maximum absolute atomic E-state index is 4.33. The van der Waals surface area contributed by atoms with Crippen LogP contribution in [-0.2, 0) is 0 Å². The van der Waals surface area contributed by atoms with Crippen molar-refractivity contribution in [2.24, 2.45) is 4.99 Å². The van der Waals surface area contributed by atoms with Gasteiger partial charge in [0, 0.05) is 38.0 Å². The number of aliphatic imine (C=N–C) groups is 1. The first-order valence-corrected chi connectivity index (χ1v) is 5.78. The molecular formula is C13H13N3. The Kier molecular flexibility index (Phi) is 1.51. The Morgan fingerprint density at radius 3 is 3.38 bits per heavy atom. The first kappa shape index (κ1) is 8.39. The van der Waals surface area contributed by atoms with Crippen molar-refractivity contribution in [1.29, 1.82) is 0 Å². The third kappa shape index (κ3) is 1.00. The SMILES string of the molecule is C1=Cc2cc3c4cc2C(C=N1)CN3CCN4. The van der Waals surface area contributed by atoms with Crippen LogP contribution in [0.3, 0.4) is 0 Å². The van der Waals surface area contributed by atoms with E-state index in [4.69, 9.17) is 0 Å². The van der Waals surface area contributed by atoms with Gasteiger partial charge in [-0.1, -0.05) is 0 Å². The Morgan fingerprint density at radius 2 is 2.38 bits per heavy atom. The molecule has 3 nitrogen and oxygen atoms in total. The fourth-order valence-corrected chi connectivity index (χ4v) is 2.87. The van der Waals surface area contributed by atoms with Crippen molar-refractivity contribution in [2.45, 2.75) is 5.92 Å². The molecular weight excluding hydrogens is 198 g/mol. The number of nitrogens with zero attached hydrogens (tertiary/aromatic N) is 2. The molecule has 0 fully saturated rings. The van der Waals surface area contributed by atoms with Gasteiger partial charge >= 0.3 is 0 Å². The molecule has 1 aromatic rings. The highest BCUT2D eigenvalue weighted by Gasteiger charge is 2.28. The largest absolute Gasteiger partial charge is 0.382 e. The topological polar surface area (TPSA) is 27.6 Å². The average molecular weight is 211 g/mol. The fourth-order valence-electron chi connectivity index (χ4n) is 2.87. The molecule has 4 heterocycles. The van der Waals surface area contributed by atoms with Crippen LogP contribution in [0.5, 0.6) is 0 Å². The van der Waals surface area contributed by atoms with Crippen molar-refractivity contribution in [3.05, 3.63) is 29.5 Å². The maximum atomic E-state index is 4.33. The third-order valence-electron chi connectivity index (χ3n) is 3.66. The molecule has 1 aromatic carbocycles. The number of rotatable bonds is 0. The Morgan fingerprint density at radius 1 is 1.38 bits per heavy atom. The summed E-state index contributed by atoms with van der Waals surface area (Å²) in [7, 11) is 0. The van der Waals surface area contributed by atoms with Gasteiger partial charge in [0.1, 0.15) is 0 Å². The Balaban J connectivity index is 2.03. The summed E-state index contributed by atoms with van der Waals surface area (Å²) in [5.41, 5.74) is 5.38. The molecule has 0 amide bonds. The van der Waals surface area contributed by atoms with Crippen LogP contribution in [0.25, 0.3) is 6.08 Å². The van der Waals surface area contributed by atoms with Crippen LogP contribution in [0.1, 0.15) is 17.0 Å². The zero-order chi connectivity index (χ0) is 10.5. The minimum absolute atomic E-state index is 0.441. The third-order valence-corrected chi connectivity index (χ3v) is 3.66. The monoisotopic (exact) mass is 211 g/mol. The molecule has 0 spiro atoms. The number of benzene rings is 1. The molecule has 1 atom stereocenters. The van der Waals surface area contributed by atoms with Crippen LogP contribution < -0.4 is 10.2 Å². The first-order chi connectivity index (χ1) is 7.92. The van der Waals surface area contributed by atoms with Gasteiger partial charge in [-0.3, -0.25) is 4.99 Å². The summed E-state index contributed by atoms with van der Waals surface area (Å²) in [6, 6.07) is 4.60. The second-order valence-corrected chi connectivity index (χ2v) is 4.59. The average Bonchev–Trinajstić information content (AvgIpc) is 2.61. The number of hydrogen-bond acceptors (Lipinski definition) is 3. The number of anilines is 2. The highest BCUT2D eigenvalue weighted by atomic mass is 15.2. The van der Waals surface area contributed by atoms with E-state index in [-0.39, 0.29) is 0 Å². The molecule has 1 N–H and O–H groups in total. The van der Waals surface area contributed by atoms with E-state index in [1.807, 2.05) is 6.20 Å². The highest BCUT2D eigenvalue weighted by Crippen LogP contribution is 2.40. The van der Waals surface area contributed by atoms with Gasteiger partial charge in [-0.25, -0.2) is 0 Å². The van der Waals surface area contributed by atoms with E-state index in [2.05, 4.69) is 39.6 Å². The van der Waals surface area contributed by atoms with Crippen molar-refractivity contribution < 1.29 is 0 Å². The summed E-state index contributed by atoms with van der Waals surface area (Å²) in [4.78, 5) is 6.80. The zero-order valence-corrected chi connectivity index (χ0v) is 8.98. The van der Waals surface area contributed by atoms with Crippen LogP contribution in [0.2, 0.25) is 0 Å². The van der Waals surface area contributed by atoms with Crippen molar-refractivity contribution in [2.75, 3.05) is 29.9 Å². The van der Waals surface area contributed by atoms with Gasteiger partial charge in [-0.05, 0) is 29.3 Å². The van der Waals surface area contributed by atoms with Crippen molar-refractivity contribution >= 4 is 23.7 Å². The van der Waals surface area contributed by atoms with Gasteiger partial charge in [-0.15, -0.1) is 0 Å². The molecule has 5 rings (SSSR count). The molecule has 0 radical (unpaired) electrons. The van der Waals surface area contributed by atoms with Crippen molar-refractivity contribution in [3.8, 4) is 0 Å². The second kappa shape index (κ2) is 2.88. The van der Waals surface area contributed by atoms with E-state index in [9.17, 15) is 0 Å². The maximum Gasteiger partial charge on any atom is 0.0609 e. The van der Waals surface area contributed by atoms with Crippen LogP contribution >= 0.6 is 0 Å². The minimum Gasteiger partial charge on any atom is -0.382 e. The van der Waals surface area contributed by atoms with Crippen LogP contribution in [-0.4, -0.2) is 25.8 Å². The summed E-state index contributed by atoms with van der Waals surface area (Å²) in [5.74, 6) is 0.441. The highest BCUT2D eigenvalue weighted by molar-refractivity contribution is 5.85. The standard InChI is InChI=1S/C13H13N3/c1-2-14-7-10-8-16-4-3-15-12-6-11(10)9(1)5-13(12)16/h1-2,5-7,10,15H,3-4,8H2. The lowest BCUT2D eigenvalue weighted by Crippen LogP contribution is -2.35. The minimum atomic E-state index is 0.441. The zero-order valence-electron chi connectivity index (χ0n) is 8.98. The quantitative estimate of drug-likeness (QED) is 0.711. The van der Waals surface area contributed by atoms with Gasteiger partial charge in [0.05, 0.1) is 11.4 Å². The molecule has 0 aromatic heterocycles. The lowest BCUT2D eigenvalue weighted by atomic mass is 9.96. The van der Waals surface area contributed by atoms with Crippen molar-refractivity contribution in [1.82, 2.24) is 0 Å². The lowest BCUT2D eigenvalue weighted by molar-refractivity contribution is 0.767. The van der Waals surface area contributed by atoms with Crippen LogP contribution in [0, 0.1) is 0 Å². The summed E-state index contributed by atoms with van der Waals surface area (Å²) >= 11 is 0. The molecule has 16 heavy (non-hydrogen) atoms. The summed E-state index contributed by atoms with van der Waals surface area (Å²) < 4.78 is 0. The Labute approximate surface area is 94.5 Å². The molecule has 3 heteroatoms. The Hall–Kier alpha value is -1.77. The molecule has 6 bridgehead atoms. The molecule has 4 aliphatic heterocycles. The number of hydrogen-bond donors (Lipinski definition) is 1. The Bertz CT molecular complexity index is 516. The van der Waals surface area contributed by atoms with Gasteiger partial charge < -0.3 is 10.2 Å². The van der Waals surface area contributed by atoms with E-state index in [1.165, 1.54) is 22.5 Å².